The number of halogens is 1. The normalized spacial score (nSPS) is 15.0. The highest BCUT2D eigenvalue weighted by atomic mass is 19.1. The minimum absolute atomic E-state index is 0.141. The number of benzene rings is 2. The lowest BCUT2D eigenvalue weighted by molar-refractivity contribution is -0.135. The number of esters is 1. The summed E-state index contributed by atoms with van der Waals surface area (Å²) >= 11 is 0. The summed E-state index contributed by atoms with van der Waals surface area (Å²) in [7, 11) is 1.23. The molecule has 0 saturated heterocycles. The van der Waals surface area contributed by atoms with Crippen LogP contribution in [-0.4, -0.2) is 19.0 Å². The van der Waals surface area contributed by atoms with Gasteiger partial charge < -0.3 is 9.64 Å². The summed E-state index contributed by atoms with van der Waals surface area (Å²) in [6.07, 6.45) is 1.10. The van der Waals surface area contributed by atoms with Crippen molar-refractivity contribution in [1.82, 2.24) is 0 Å². The quantitative estimate of drug-likeness (QED) is 0.647. The van der Waals surface area contributed by atoms with Gasteiger partial charge in [0.25, 0.3) is 5.91 Å². The summed E-state index contributed by atoms with van der Waals surface area (Å²) in [5, 5.41) is 0. The van der Waals surface area contributed by atoms with Gasteiger partial charge in [0.15, 0.2) is 0 Å². The second-order valence-electron chi connectivity index (χ2n) is 5.12. The van der Waals surface area contributed by atoms with E-state index in [-0.39, 0.29) is 11.5 Å². The molecule has 0 aliphatic carbocycles. The summed E-state index contributed by atoms with van der Waals surface area (Å²) in [5.74, 6) is -1.46. The fraction of sp³-hybridized carbons (Fsp3) is 0.111. The Kier molecular flexibility index (Phi) is 3.93. The number of methoxy groups -OCH3 is 1. The first-order chi connectivity index (χ1) is 11.1. The van der Waals surface area contributed by atoms with Crippen LogP contribution in [0.5, 0.6) is 0 Å². The lowest BCUT2D eigenvalue weighted by atomic mass is 10.1. The van der Waals surface area contributed by atoms with Gasteiger partial charge in [-0.25, -0.2) is 9.18 Å². The molecule has 0 bridgehead atoms. The zero-order valence-corrected chi connectivity index (χ0v) is 12.5. The summed E-state index contributed by atoms with van der Waals surface area (Å²) in [4.78, 5) is 25.7. The van der Waals surface area contributed by atoms with Gasteiger partial charge in [-0.2, -0.15) is 0 Å². The molecule has 116 valence electrons. The number of carbonyl (C=O) groups excluding carboxylic acids is 2. The van der Waals surface area contributed by atoms with Crippen LogP contribution in [0.4, 0.5) is 10.1 Å². The first-order valence-corrected chi connectivity index (χ1v) is 7.05. The van der Waals surface area contributed by atoms with Gasteiger partial charge >= 0.3 is 5.97 Å². The van der Waals surface area contributed by atoms with Gasteiger partial charge in [0.2, 0.25) is 0 Å². The number of rotatable bonds is 3. The second kappa shape index (κ2) is 6.04. The molecular formula is C18H14FNO3. The number of ether oxygens (including phenoxy) is 1. The van der Waals surface area contributed by atoms with Crippen molar-refractivity contribution in [2.45, 2.75) is 6.54 Å². The van der Waals surface area contributed by atoms with Gasteiger partial charge in [0.1, 0.15) is 5.82 Å². The molecule has 5 heteroatoms. The van der Waals surface area contributed by atoms with E-state index in [0.29, 0.717) is 17.8 Å². The SMILES string of the molecule is COC(=O)/C=C1/C(=O)N(Cc2ccccc2)c2ccc(F)cc21. The Morgan fingerprint density at radius 3 is 2.65 bits per heavy atom. The van der Waals surface area contributed by atoms with Crippen molar-refractivity contribution in [2.24, 2.45) is 0 Å². The van der Waals surface area contributed by atoms with Crippen LogP contribution >= 0.6 is 0 Å². The van der Waals surface area contributed by atoms with Crippen LogP contribution in [0, 0.1) is 5.82 Å². The van der Waals surface area contributed by atoms with Gasteiger partial charge in [-0.05, 0) is 23.8 Å². The molecule has 3 rings (SSSR count). The third kappa shape index (κ3) is 2.85. The Bertz CT molecular complexity index is 799. The Morgan fingerprint density at radius 1 is 1.22 bits per heavy atom. The summed E-state index contributed by atoms with van der Waals surface area (Å²) in [6, 6.07) is 13.6. The van der Waals surface area contributed by atoms with Crippen LogP contribution in [0.25, 0.3) is 5.57 Å². The second-order valence-corrected chi connectivity index (χ2v) is 5.12. The molecule has 4 nitrogen and oxygen atoms in total. The smallest absolute Gasteiger partial charge is 0.331 e. The maximum atomic E-state index is 13.6. The van der Waals surface area contributed by atoms with E-state index >= 15 is 0 Å². The van der Waals surface area contributed by atoms with Crippen LogP contribution in [0.2, 0.25) is 0 Å². The molecule has 0 fully saturated rings. The molecular weight excluding hydrogens is 297 g/mol. The van der Waals surface area contributed by atoms with E-state index < -0.39 is 11.8 Å². The number of hydrogen-bond acceptors (Lipinski definition) is 3. The van der Waals surface area contributed by atoms with Crippen LogP contribution in [0.1, 0.15) is 11.1 Å². The predicted octanol–water partition coefficient (Wildman–Crippen LogP) is 2.93. The first kappa shape index (κ1) is 15.0. The Labute approximate surface area is 132 Å². The molecule has 23 heavy (non-hydrogen) atoms. The molecule has 0 unspecified atom stereocenters. The van der Waals surface area contributed by atoms with Crippen molar-refractivity contribution in [2.75, 3.05) is 12.0 Å². The third-order valence-electron chi connectivity index (χ3n) is 3.66. The maximum absolute atomic E-state index is 13.6. The topological polar surface area (TPSA) is 46.6 Å². The van der Waals surface area contributed by atoms with Crippen LogP contribution < -0.4 is 4.90 Å². The molecule has 1 aliphatic heterocycles. The van der Waals surface area contributed by atoms with Gasteiger partial charge in [-0.3, -0.25) is 4.79 Å². The molecule has 1 aliphatic rings. The van der Waals surface area contributed by atoms with E-state index in [2.05, 4.69) is 4.74 Å². The highest BCUT2D eigenvalue weighted by molar-refractivity contribution is 6.34. The van der Waals surface area contributed by atoms with Crippen molar-refractivity contribution in [3.8, 4) is 0 Å². The fourth-order valence-corrected chi connectivity index (χ4v) is 2.57. The molecule has 0 aromatic heterocycles. The van der Waals surface area contributed by atoms with Crippen molar-refractivity contribution in [3.05, 3.63) is 71.6 Å². The standard InChI is InChI=1S/C18H14FNO3/c1-23-17(21)10-15-14-9-13(19)7-8-16(14)20(18(15)22)11-12-5-3-2-4-6-12/h2-10H,11H2,1H3/b15-10+. The number of anilines is 1. The van der Waals surface area contributed by atoms with Crippen molar-refractivity contribution < 1.29 is 18.7 Å². The van der Waals surface area contributed by atoms with E-state index in [1.54, 1.807) is 6.07 Å². The first-order valence-electron chi connectivity index (χ1n) is 7.05. The number of hydrogen-bond donors (Lipinski definition) is 0. The largest absolute Gasteiger partial charge is 0.466 e. The fourth-order valence-electron chi connectivity index (χ4n) is 2.57. The predicted molar refractivity (Wildman–Crippen MR) is 84.0 cm³/mol. The molecule has 2 aromatic rings. The van der Waals surface area contributed by atoms with E-state index in [1.165, 1.54) is 24.1 Å². The third-order valence-corrected chi connectivity index (χ3v) is 3.66. The Morgan fingerprint density at radius 2 is 1.96 bits per heavy atom. The van der Waals surface area contributed by atoms with Gasteiger partial charge in [-0.15, -0.1) is 0 Å². The average Bonchev–Trinajstić information content (AvgIpc) is 2.81. The zero-order chi connectivity index (χ0) is 16.4. The zero-order valence-electron chi connectivity index (χ0n) is 12.5. The molecule has 2 aromatic carbocycles. The lowest BCUT2D eigenvalue weighted by Gasteiger charge is -2.17. The van der Waals surface area contributed by atoms with Gasteiger partial charge in [0, 0.05) is 11.6 Å². The minimum atomic E-state index is -0.648. The highest BCUT2D eigenvalue weighted by Gasteiger charge is 2.33. The molecule has 0 N–H and O–H groups in total. The van der Waals surface area contributed by atoms with Crippen LogP contribution in [0.3, 0.4) is 0 Å². The molecule has 1 amide bonds. The monoisotopic (exact) mass is 311 g/mol. The minimum Gasteiger partial charge on any atom is -0.466 e. The molecule has 0 saturated carbocycles. The van der Waals surface area contributed by atoms with E-state index in [0.717, 1.165) is 11.6 Å². The van der Waals surface area contributed by atoms with Crippen LogP contribution in [-0.2, 0) is 20.9 Å². The molecule has 0 spiro atoms. The Balaban J connectivity index is 2.04. The number of fused-ring (bicyclic) bond motifs is 1. The van der Waals surface area contributed by atoms with Gasteiger partial charge in [0.05, 0.1) is 24.9 Å². The highest BCUT2D eigenvalue weighted by Crippen LogP contribution is 2.38. The molecule has 0 radical (unpaired) electrons. The van der Waals surface area contributed by atoms with E-state index in [1.807, 2.05) is 30.3 Å². The molecule has 1 heterocycles. The number of amides is 1. The van der Waals surface area contributed by atoms with Crippen LogP contribution in [0.15, 0.2) is 54.6 Å². The van der Waals surface area contributed by atoms with E-state index in [4.69, 9.17) is 0 Å². The Hall–Kier alpha value is -2.95. The molecule has 0 atom stereocenters. The average molecular weight is 311 g/mol. The van der Waals surface area contributed by atoms with Crippen molar-refractivity contribution in [1.29, 1.82) is 0 Å². The summed E-state index contributed by atoms with van der Waals surface area (Å²) in [5.41, 5.74) is 2.06. The maximum Gasteiger partial charge on any atom is 0.331 e. The number of carbonyl (C=O) groups is 2. The van der Waals surface area contributed by atoms with Crippen molar-refractivity contribution in [3.63, 3.8) is 0 Å². The van der Waals surface area contributed by atoms with Gasteiger partial charge in [-0.1, -0.05) is 30.3 Å². The van der Waals surface area contributed by atoms with E-state index in [9.17, 15) is 14.0 Å². The number of nitrogens with zero attached hydrogens (tertiary/aromatic N) is 1. The summed E-state index contributed by atoms with van der Waals surface area (Å²) in [6.45, 7) is 0.344. The lowest BCUT2D eigenvalue weighted by Crippen LogP contribution is -2.25. The van der Waals surface area contributed by atoms with Crippen molar-refractivity contribution >= 4 is 23.1 Å². The summed E-state index contributed by atoms with van der Waals surface area (Å²) < 4.78 is 18.1.